The third-order valence-electron chi connectivity index (χ3n) is 3.42. The topological polar surface area (TPSA) is 35.5 Å². The number of Topliss-reactive ketones (excluding diaryl/α,β-unsaturated/α-hetero) is 1. The summed E-state index contributed by atoms with van der Waals surface area (Å²) < 4.78 is 12.0. The van der Waals surface area contributed by atoms with Crippen molar-refractivity contribution < 1.29 is 14.3 Å². The highest BCUT2D eigenvalue weighted by atomic mass is 79.9. The highest BCUT2D eigenvalue weighted by molar-refractivity contribution is 9.10. The molecule has 1 aliphatic heterocycles. The minimum absolute atomic E-state index is 0.0985. The van der Waals surface area contributed by atoms with E-state index in [0.717, 1.165) is 15.6 Å². The van der Waals surface area contributed by atoms with Gasteiger partial charge in [-0.1, -0.05) is 28.1 Å². The Morgan fingerprint density at radius 2 is 1.86 bits per heavy atom. The first-order valence-electron chi connectivity index (χ1n) is 6.47. The van der Waals surface area contributed by atoms with Crippen molar-refractivity contribution in [1.29, 1.82) is 0 Å². The second-order valence-corrected chi connectivity index (χ2v) is 5.68. The van der Waals surface area contributed by atoms with Crippen molar-refractivity contribution in [3.8, 4) is 11.5 Å². The molecule has 0 radical (unpaired) electrons. The van der Waals surface area contributed by atoms with Crippen LogP contribution in [-0.4, -0.2) is 12.9 Å². The van der Waals surface area contributed by atoms with Crippen molar-refractivity contribution in [2.75, 3.05) is 7.11 Å². The largest absolute Gasteiger partial charge is 0.496 e. The zero-order valence-corrected chi connectivity index (χ0v) is 13.2. The van der Waals surface area contributed by atoms with Gasteiger partial charge in [-0.05, 0) is 42.8 Å². The van der Waals surface area contributed by atoms with E-state index in [-0.39, 0.29) is 5.78 Å². The van der Waals surface area contributed by atoms with E-state index >= 15 is 0 Å². The van der Waals surface area contributed by atoms with Crippen LogP contribution in [0.5, 0.6) is 11.5 Å². The van der Waals surface area contributed by atoms with Gasteiger partial charge in [0.25, 0.3) is 0 Å². The van der Waals surface area contributed by atoms with Gasteiger partial charge in [-0.25, -0.2) is 0 Å². The first kappa shape index (κ1) is 13.9. The van der Waals surface area contributed by atoms with E-state index in [1.54, 1.807) is 25.3 Å². The highest BCUT2D eigenvalue weighted by Crippen LogP contribution is 2.39. The zero-order valence-electron chi connectivity index (χ0n) is 11.6. The predicted molar refractivity (Wildman–Crippen MR) is 84.8 cm³/mol. The zero-order chi connectivity index (χ0) is 15.0. The molecule has 106 valence electrons. The third kappa shape index (κ3) is 2.47. The van der Waals surface area contributed by atoms with Gasteiger partial charge in [0.05, 0.1) is 12.7 Å². The Morgan fingerprint density at radius 1 is 1.14 bits per heavy atom. The van der Waals surface area contributed by atoms with Crippen LogP contribution in [0.2, 0.25) is 0 Å². The minimum atomic E-state index is -0.0985. The number of methoxy groups -OCH3 is 1. The number of hydrogen-bond acceptors (Lipinski definition) is 3. The van der Waals surface area contributed by atoms with Crippen LogP contribution in [0.4, 0.5) is 0 Å². The van der Waals surface area contributed by atoms with E-state index in [2.05, 4.69) is 15.9 Å². The van der Waals surface area contributed by atoms with E-state index in [1.807, 2.05) is 31.2 Å². The number of allylic oxidation sites excluding steroid dienone is 1. The fourth-order valence-electron chi connectivity index (χ4n) is 2.30. The molecule has 3 nitrogen and oxygen atoms in total. The van der Waals surface area contributed by atoms with Crippen LogP contribution in [0.1, 0.15) is 21.5 Å². The summed E-state index contributed by atoms with van der Waals surface area (Å²) >= 11 is 3.39. The number of benzene rings is 2. The lowest BCUT2D eigenvalue weighted by molar-refractivity contribution is 0.101. The summed E-state index contributed by atoms with van der Waals surface area (Å²) in [5, 5.41) is 0. The number of halogens is 1. The Bertz CT molecular complexity index is 745. The molecule has 0 aromatic heterocycles. The van der Waals surface area contributed by atoms with Crippen LogP contribution in [0.15, 0.2) is 46.6 Å². The molecule has 4 heteroatoms. The molecule has 0 saturated heterocycles. The van der Waals surface area contributed by atoms with Crippen LogP contribution in [0.3, 0.4) is 0 Å². The van der Waals surface area contributed by atoms with Crippen molar-refractivity contribution in [2.24, 2.45) is 0 Å². The summed E-state index contributed by atoms with van der Waals surface area (Å²) in [6, 6.07) is 11.2. The van der Waals surface area contributed by atoms with Crippen LogP contribution in [0, 0.1) is 6.92 Å². The molecule has 0 fully saturated rings. The first-order chi connectivity index (χ1) is 10.1. The van der Waals surface area contributed by atoms with Crippen LogP contribution < -0.4 is 9.47 Å². The number of ether oxygens (including phenoxy) is 2. The molecule has 0 amide bonds. The average molecular weight is 345 g/mol. The number of fused-ring (bicyclic) bond motifs is 1. The molecule has 0 unspecified atom stereocenters. The fraction of sp³-hybridized carbons (Fsp3) is 0.118. The van der Waals surface area contributed by atoms with Gasteiger partial charge in [-0.15, -0.1) is 0 Å². The van der Waals surface area contributed by atoms with Crippen LogP contribution >= 0.6 is 15.9 Å². The number of ketones is 1. The predicted octanol–water partition coefficient (Wildman–Crippen LogP) is 4.38. The quantitative estimate of drug-likeness (QED) is 0.758. The lowest BCUT2D eigenvalue weighted by Gasteiger charge is -2.07. The highest BCUT2D eigenvalue weighted by Gasteiger charge is 2.29. The first-order valence-corrected chi connectivity index (χ1v) is 7.27. The summed E-state index contributed by atoms with van der Waals surface area (Å²) in [6.45, 7) is 1.88. The third-order valence-corrected chi connectivity index (χ3v) is 3.95. The van der Waals surface area contributed by atoms with E-state index in [1.165, 1.54) is 0 Å². The molecule has 3 rings (SSSR count). The number of rotatable bonds is 2. The molecular formula is C17H13BrO3. The van der Waals surface area contributed by atoms with Gasteiger partial charge in [-0.3, -0.25) is 4.79 Å². The van der Waals surface area contributed by atoms with Crippen LogP contribution in [-0.2, 0) is 0 Å². The lowest BCUT2D eigenvalue weighted by Crippen LogP contribution is -1.97. The van der Waals surface area contributed by atoms with Crippen molar-refractivity contribution in [1.82, 2.24) is 0 Å². The second-order valence-electron chi connectivity index (χ2n) is 4.76. The van der Waals surface area contributed by atoms with Gasteiger partial charge in [0, 0.05) is 10.0 Å². The van der Waals surface area contributed by atoms with E-state index in [9.17, 15) is 4.79 Å². The van der Waals surface area contributed by atoms with Gasteiger partial charge >= 0.3 is 0 Å². The number of carbonyl (C=O) groups excluding carboxylic acids is 1. The van der Waals surface area contributed by atoms with Crippen LogP contribution in [0.25, 0.3) is 6.08 Å². The Labute approximate surface area is 131 Å². The maximum atomic E-state index is 12.4. The Balaban J connectivity index is 2.00. The smallest absolute Gasteiger partial charge is 0.231 e. The molecule has 1 heterocycles. The van der Waals surface area contributed by atoms with Crippen molar-refractivity contribution in [3.63, 3.8) is 0 Å². The maximum Gasteiger partial charge on any atom is 0.231 e. The Morgan fingerprint density at radius 3 is 2.52 bits per heavy atom. The number of hydrogen-bond donors (Lipinski definition) is 0. The fourth-order valence-corrected chi connectivity index (χ4v) is 2.56. The SMILES string of the molecule is COc1ccc2c(c1C)O/C(=C\c1ccc(Br)cc1)C2=O. The molecular weight excluding hydrogens is 332 g/mol. The maximum absolute atomic E-state index is 12.4. The normalized spacial score (nSPS) is 15.0. The monoisotopic (exact) mass is 344 g/mol. The summed E-state index contributed by atoms with van der Waals surface area (Å²) in [4.78, 5) is 12.4. The molecule has 2 aromatic carbocycles. The lowest BCUT2D eigenvalue weighted by atomic mass is 10.1. The molecule has 0 saturated carbocycles. The standard InChI is InChI=1S/C17H13BrO3/c1-10-14(20-2)8-7-13-16(19)15(21-17(10)13)9-11-3-5-12(18)6-4-11/h3-9H,1-2H3/b15-9-. The van der Waals surface area contributed by atoms with Crippen molar-refractivity contribution in [3.05, 3.63) is 63.3 Å². The van der Waals surface area contributed by atoms with Gasteiger partial charge < -0.3 is 9.47 Å². The minimum Gasteiger partial charge on any atom is -0.496 e. The summed E-state index contributed by atoms with van der Waals surface area (Å²) in [6.07, 6.45) is 1.75. The van der Waals surface area contributed by atoms with Gasteiger partial charge in [0.15, 0.2) is 5.76 Å². The molecule has 0 spiro atoms. The van der Waals surface area contributed by atoms with E-state index < -0.39 is 0 Å². The van der Waals surface area contributed by atoms with Crippen molar-refractivity contribution in [2.45, 2.75) is 6.92 Å². The summed E-state index contributed by atoms with van der Waals surface area (Å²) in [5.41, 5.74) is 2.33. The summed E-state index contributed by atoms with van der Waals surface area (Å²) in [7, 11) is 1.60. The van der Waals surface area contributed by atoms with Gasteiger partial charge in [0.2, 0.25) is 5.78 Å². The van der Waals surface area contributed by atoms with Crippen molar-refractivity contribution >= 4 is 27.8 Å². The molecule has 0 N–H and O–H groups in total. The molecule has 2 aromatic rings. The van der Waals surface area contributed by atoms with Gasteiger partial charge in [-0.2, -0.15) is 0 Å². The Hall–Kier alpha value is -2.07. The summed E-state index contributed by atoms with van der Waals surface area (Å²) in [5.74, 6) is 1.54. The molecule has 1 aliphatic rings. The van der Waals surface area contributed by atoms with Gasteiger partial charge in [0.1, 0.15) is 11.5 Å². The molecule has 0 bridgehead atoms. The Kier molecular flexibility index (Phi) is 3.55. The van der Waals surface area contributed by atoms with E-state index in [4.69, 9.17) is 9.47 Å². The number of carbonyl (C=O) groups is 1. The van der Waals surface area contributed by atoms with E-state index in [0.29, 0.717) is 22.8 Å². The average Bonchev–Trinajstić information content (AvgIpc) is 2.80. The molecule has 0 atom stereocenters. The second kappa shape index (κ2) is 5.37. The molecule has 21 heavy (non-hydrogen) atoms. The molecule has 0 aliphatic carbocycles.